The Morgan fingerprint density at radius 2 is 2.11 bits per heavy atom. The first-order valence-electron chi connectivity index (χ1n) is 8.57. The number of rotatable bonds is 7. The summed E-state index contributed by atoms with van der Waals surface area (Å²) in [5.74, 6) is 0.431. The van der Waals surface area contributed by atoms with E-state index in [4.69, 9.17) is 9.47 Å². The van der Waals surface area contributed by atoms with Gasteiger partial charge in [-0.25, -0.2) is 9.59 Å². The Morgan fingerprint density at radius 3 is 2.79 bits per heavy atom. The SMILES string of the molecule is CCOC(=O)C1=C(CSc2nnc(C)s2)NC(=O)N[C@@H]1c1ccccc1OC. The molecule has 0 aliphatic carbocycles. The van der Waals surface area contributed by atoms with Crippen molar-refractivity contribution >= 4 is 35.1 Å². The number of para-hydroxylation sites is 1. The first kappa shape index (κ1) is 20.2. The van der Waals surface area contributed by atoms with Crippen molar-refractivity contribution in [2.45, 2.75) is 24.2 Å². The Morgan fingerprint density at radius 1 is 1.32 bits per heavy atom. The summed E-state index contributed by atoms with van der Waals surface area (Å²) in [6.45, 7) is 3.84. The maximum absolute atomic E-state index is 12.8. The first-order chi connectivity index (χ1) is 13.5. The molecule has 10 heteroatoms. The lowest BCUT2D eigenvalue weighted by Crippen LogP contribution is -2.46. The van der Waals surface area contributed by atoms with E-state index in [2.05, 4.69) is 20.8 Å². The molecule has 2 amide bonds. The van der Waals surface area contributed by atoms with Crippen LogP contribution in [0.1, 0.15) is 23.5 Å². The minimum Gasteiger partial charge on any atom is -0.496 e. The molecule has 1 atom stereocenters. The largest absolute Gasteiger partial charge is 0.496 e. The standard InChI is InChI=1S/C18H20N4O4S2/c1-4-26-16(23)14-12(9-27-18-22-21-10(2)28-18)19-17(24)20-15(14)11-7-5-6-8-13(11)25-3/h5-8,15H,4,9H2,1-3H3,(H2,19,20,24)/t15-/m1/s1. The number of methoxy groups -OCH3 is 1. The zero-order valence-corrected chi connectivity index (χ0v) is 17.3. The molecule has 0 bridgehead atoms. The van der Waals surface area contributed by atoms with Gasteiger partial charge in [0.1, 0.15) is 10.8 Å². The van der Waals surface area contributed by atoms with Gasteiger partial charge in [0.05, 0.1) is 25.3 Å². The number of nitrogens with one attached hydrogen (secondary N) is 2. The zero-order valence-electron chi connectivity index (χ0n) is 15.6. The highest BCUT2D eigenvalue weighted by atomic mass is 32.2. The van der Waals surface area contributed by atoms with E-state index in [0.29, 0.717) is 28.3 Å². The van der Waals surface area contributed by atoms with Gasteiger partial charge >= 0.3 is 12.0 Å². The fourth-order valence-electron chi connectivity index (χ4n) is 2.79. The molecule has 0 spiro atoms. The van der Waals surface area contributed by atoms with Crippen LogP contribution in [-0.2, 0) is 9.53 Å². The van der Waals surface area contributed by atoms with E-state index < -0.39 is 18.0 Å². The molecule has 2 aromatic rings. The molecular formula is C18H20N4O4S2. The quantitative estimate of drug-likeness (QED) is 0.524. The zero-order chi connectivity index (χ0) is 20.1. The van der Waals surface area contributed by atoms with Gasteiger partial charge in [-0.2, -0.15) is 0 Å². The fourth-order valence-corrected chi connectivity index (χ4v) is 4.57. The van der Waals surface area contributed by atoms with Crippen LogP contribution in [0.5, 0.6) is 5.75 Å². The number of thioether (sulfide) groups is 1. The van der Waals surface area contributed by atoms with Crippen molar-refractivity contribution in [3.8, 4) is 5.75 Å². The first-order valence-corrected chi connectivity index (χ1v) is 10.4. The number of amides is 2. The van der Waals surface area contributed by atoms with Crippen molar-refractivity contribution in [3.05, 3.63) is 46.1 Å². The number of hydrogen-bond donors (Lipinski definition) is 2. The number of aromatic nitrogens is 2. The third-order valence-electron chi connectivity index (χ3n) is 3.95. The summed E-state index contributed by atoms with van der Waals surface area (Å²) >= 11 is 2.86. The van der Waals surface area contributed by atoms with Gasteiger partial charge in [0.15, 0.2) is 4.34 Å². The summed E-state index contributed by atoms with van der Waals surface area (Å²) < 4.78 is 11.4. The maximum Gasteiger partial charge on any atom is 0.338 e. The predicted molar refractivity (Wildman–Crippen MR) is 106 cm³/mol. The number of benzene rings is 1. The molecule has 0 saturated carbocycles. The van der Waals surface area contributed by atoms with Gasteiger partial charge in [0, 0.05) is 17.0 Å². The summed E-state index contributed by atoms with van der Waals surface area (Å²) in [6, 6.07) is 6.17. The number of hydrogen-bond acceptors (Lipinski definition) is 8. The summed E-state index contributed by atoms with van der Waals surface area (Å²) in [7, 11) is 1.55. The third kappa shape index (κ3) is 4.45. The Hall–Kier alpha value is -2.59. The fraction of sp³-hybridized carbons (Fsp3) is 0.333. The Balaban J connectivity index is 2.01. The van der Waals surface area contributed by atoms with Gasteiger partial charge in [0.2, 0.25) is 0 Å². The maximum atomic E-state index is 12.8. The second-order valence-corrected chi connectivity index (χ2v) is 8.17. The highest BCUT2D eigenvalue weighted by molar-refractivity contribution is 8.01. The Bertz CT molecular complexity index is 912. The predicted octanol–water partition coefficient (Wildman–Crippen LogP) is 2.82. The van der Waals surface area contributed by atoms with Crippen LogP contribution in [0.25, 0.3) is 0 Å². The summed E-state index contributed by atoms with van der Waals surface area (Å²) in [5.41, 5.74) is 1.51. The minimum absolute atomic E-state index is 0.227. The molecule has 28 heavy (non-hydrogen) atoms. The van der Waals surface area contributed by atoms with Crippen molar-refractivity contribution in [1.82, 2.24) is 20.8 Å². The molecule has 0 unspecified atom stereocenters. The van der Waals surface area contributed by atoms with Gasteiger partial charge in [0.25, 0.3) is 0 Å². The molecule has 1 aliphatic heterocycles. The van der Waals surface area contributed by atoms with Crippen molar-refractivity contribution in [2.75, 3.05) is 19.5 Å². The normalized spacial score (nSPS) is 16.4. The molecule has 1 aliphatic rings. The molecule has 0 saturated heterocycles. The number of esters is 1. The van der Waals surface area contributed by atoms with E-state index in [9.17, 15) is 9.59 Å². The third-order valence-corrected chi connectivity index (χ3v) is 5.94. The van der Waals surface area contributed by atoms with E-state index in [0.717, 1.165) is 9.35 Å². The van der Waals surface area contributed by atoms with Crippen LogP contribution in [0.3, 0.4) is 0 Å². The van der Waals surface area contributed by atoms with Crippen molar-refractivity contribution in [2.24, 2.45) is 0 Å². The monoisotopic (exact) mass is 420 g/mol. The lowest BCUT2D eigenvalue weighted by atomic mass is 9.95. The molecule has 148 valence electrons. The Labute approximate surface area is 170 Å². The van der Waals surface area contributed by atoms with E-state index in [-0.39, 0.29) is 6.61 Å². The average molecular weight is 421 g/mol. The highest BCUT2D eigenvalue weighted by Crippen LogP contribution is 2.35. The number of urea groups is 1. The molecule has 1 aromatic carbocycles. The van der Waals surface area contributed by atoms with E-state index in [1.165, 1.54) is 23.1 Å². The van der Waals surface area contributed by atoms with E-state index >= 15 is 0 Å². The van der Waals surface area contributed by atoms with Gasteiger partial charge < -0.3 is 20.1 Å². The smallest absolute Gasteiger partial charge is 0.338 e. The van der Waals surface area contributed by atoms with Gasteiger partial charge in [-0.1, -0.05) is 41.3 Å². The lowest BCUT2D eigenvalue weighted by molar-refractivity contribution is -0.139. The molecule has 1 aromatic heterocycles. The van der Waals surface area contributed by atoms with E-state index in [1.807, 2.05) is 25.1 Å². The van der Waals surface area contributed by atoms with E-state index in [1.54, 1.807) is 20.1 Å². The Kier molecular flexibility index (Phi) is 6.53. The molecule has 0 fully saturated rings. The minimum atomic E-state index is -0.685. The topological polar surface area (TPSA) is 102 Å². The van der Waals surface area contributed by atoms with Crippen LogP contribution >= 0.6 is 23.1 Å². The second-order valence-electron chi connectivity index (χ2n) is 5.76. The van der Waals surface area contributed by atoms with Crippen LogP contribution in [0.15, 0.2) is 39.9 Å². The van der Waals surface area contributed by atoms with Crippen LogP contribution in [-0.4, -0.2) is 41.7 Å². The van der Waals surface area contributed by atoms with Crippen LogP contribution in [0.2, 0.25) is 0 Å². The molecule has 2 N–H and O–H groups in total. The highest BCUT2D eigenvalue weighted by Gasteiger charge is 2.35. The number of nitrogens with zero attached hydrogens (tertiary/aromatic N) is 2. The number of aryl methyl sites for hydroxylation is 1. The van der Waals surface area contributed by atoms with Crippen molar-refractivity contribution < 1.29 is 19.1 Å². The lowest BCUT2D eigenvalue weighted by Gasteiger charge is -2.30. The molecule has 0 radical (unpaired) electrons. The van der Waals surface area contributed by atoms with Crippen LogP contribution in [0.4, 0.5) is 4.79 Å². The number of carbonyl (C=O) groups excluding carboxylic acids is 2. The number of carbonyl (C=O) groups is 2. The number of ether oxygens (including phenoxy) is 2. The average Bonchev–Trinajstić information content (AvgIpc) is 3.11. The van der Waals surface area contributed by atoms with Crippen molar-refractivity contribution in [3.63, 3.8) is 0 Å². The van der Waals surface area contributed by atoms with Crippen LogP contribution < -0.4 is 15.4 Å². The molecule has 8 nitrogen and oxygen atoms in total. The molecule has 3 rings (SSSR count). The molecule has 2 heterocycles. The van der Waals surface area contributed by atoms with Crippen molar-refractivity contribution in [1.29, 1.82) is 0 Å². The summed E-state index contributed by atoms with van der Waals surface area (Å²) in [4.78, 5) is 25.1. The van der Waals surface area contributed by atoms with Gasteiger partial charge in [-0.3, -0.25) is 0 Å². The van der Waals surface area contributed by atoms with Gasteiger partial charge in [-0.15, -0.1) is 10.2 Å². The summed E-state index contributed by atoms with van der Waals surface area (Å²) in [5, 5.41) is 14.5. The summed E-state index contributed by atoms with van der Waals surface area (Å²) in [6.07, 6.45) is 0. The van der Waals surface area contributed by atoms with Crippen LogP contribution in [0, 0.1) is 6.92 Å². The van der Waals surface area contributed by atoms with Gasteiger partial charge in [-0.05, 0) is 19.9 Å². The molecular weight excluding hydrogens is 400 g/mol. The second kappa shape index (κ2) is 9.07.